The van der Waals surface area contributed by atoms with Crippen molar-refractivity contribution < 1.29 is 53.7 Å². The van der Waals surface area contributed by atoms with Crippen molar-refractivity contribution in [2.75, 3.05) is 13.9 Å². The summed E-state index contributed by atoms with van der Waals surface area (Å²) < 4.78 is 63.6. The molecule has 0 N–H and O–H groups in total. The van der Waals surface area contributed by atoms with E-state index in [1.165, 1.54) is 17.7 Å². The molecule has 4 aromatic rings. The van der Waals surface area contributed by atoms with Gasteiger partial charge < -0.3 is 35.9 Å². The molecule has 0 saturated carbocycles. The Morgan fingerprint density at radius 3 is 2.44 bits per heavy atom. The van der Waals surface area contributed by atoms with Crippen LogP contribution in [0.4, 0.5) is 13.2 Å². The molecule has 1 aromatic heterocycles. The standard InChI is InChI=1S/C27H21F3NO4.BrH/c1-32-23-7-4-17-10-22-20-12-25-24(34-15-35-25)11-18(20)8-9-31(22)13-21(17)26(23)33-14-16-2-5-19(6-3-16)27(28,29)30;/h2-7,10-13H,8-9,14-15H2,1H3;1H/q+1;/p-1. The molecule has 0 spiro atoms. The summed E-state index contributed by atoms with van der Waals surface area (Å²) in [6.45, 7) is 1.13. The van der Waals surface area contributed by atoms with E-state index in [2.05, 4.69) is 16.7 Å². The molecule has 0 aliphatic carbocycles. The predicted molar refractivity (Wildman–Crippen MR) is 122 cm³/mol. The highest BCUT2D eigenvalue weighted by Gasteiger charge is 2.30. The Bertz CT molecular complexity index is 1450. The van der Waals surface area contributed by atoms with Crippen molar-refractivity contribution in [3.8, 4) is 34.3 Å². The second-order valence-corrected chi connectivity index (χ2v) is 8.55. The smallest absolute Gasteiger partial charge is 0.416 e. The lowest BCUT2D eigenvalue weighted by molar-refractivity contribution is -0.686. The van der Waals surface area contributed by atoms with Crippen LogP contribution in [-0.4, -0.2) is 13.9 Å². The average Bonchev–Trinajstić information content (AvgIpc) is 3.32. The number of fused-ring (bicyclic) bond motifs is 5. The van der Waals surface area contributed by atoms with Gasteiger partial charge in [-0.2, -0.15) is 17.7 Å². The van der Waals surface area contributed by atoms with Crippen LogP contribution < -0.4 is 40.5 Å². The van der Waals surface area contributed by atoms with Gasteiger partial charge in [-0.3, -0.25) is 0 Å². The highest BCUT2D eigenvalue weighted by molar-refractivity contribution is 5.91. The van der Waals surface area contributed by atoms with Crippen LogP contribution in [0.3, 0.4) is 0 Å². The summed E-state index contributed by atoms with van der Waals surface area (Å²) in [6, 6.07) is 15.0. The van der Waals surface area contributed by atoms with Gasteiger partial charge in [0.25, 0.3) is 0 Å². The largest absolute Gasteiger partial charge is 1.00 e. The molecule has 36 heavy (non-hydrogen) atoms. The lowest BCUT2D eigenvalue weighted by Gasteiger charge is -2.18. The van der Waals surface area contributed by atoms with Crippen molar-refractivity contribution in [2.45, 2.75) is 25.7 Å². The Hall–Kier alpha value is -3.46. The van der Waals surface area contributed by atoms with Gasteiger partial charge in [0.15, 0.2) is 35.7 Å². The second-order valence-electron chi connectivity index (χ2n) is 8.55. The number of halogens is 4. The molecule has 0 saturated heterocycles. The maximum atomic E-state index is 12.9. The zero-order chi connectivity index (χ0) is 24.2. The highest BCUT2D eigenvalue weighted by Crippen LogP contribution is 2.42. The predicted octanol–water partition coefficient (Wildman–Crippen LogP) is 2.69. The van der Waals surface area contributed by atoms with E-state index in [0.717, 1.165) is 58.6 Å². The Labute approximate surface area is 215 Å². The van der Waals surface area contributed by atoms with Crippen molar-refractivity contribution in [2.24, 2.45) is 0 Å². The molecule has 186 valence electrons. The van der Waals surface area contributed by atoms with Crippen molar-refractivity contribution in [1.82, 2.24) is 0 Å². The van der Waals surface area contributed by atoms with E-state index in [1.807, 2.05) is 24.4 Å². The topological polar surface area (TPSA) is 40.8 Å². The summed E-state index contributed by atoms with van der Waals surface area (Å²) in [6.07, 6.45) is -1.48. The third-order valence-electron chi connectivity index (χ3n) is 6.46. The quantitative estimate of drug-likeness (QED) is 0.360. The first-order valence-electron chi connectivity index (χ1n) is 11.2. The summed E-state index contributed by atoms with van der Waals surface area (Å²) in [5.74, 6) is 2.63. The summed E-state index contributed by atoms with van der Waals surface area (Å²) in [5.41, 5.74) is 3.32. The summed E-state index contributed by atoms with van der Waals surface area (Å²) in [4.78, 5) is 0. The van der Waals surface area contributed by atoms with Gasteiger partial charge >= 0.3 is 6.18 Å². The fraction of sp³-hybridized carbons (Fsp3) is 0.222. The fourth-order valence-corrected chi connectivity index (χ4v) is 4.65. The summed E-state index contributed by atoms with van der Waals surface area (Å²) in [7, 11) is 1.57. The van der Waals surface area contributed by atoms with Crippen molar-refractivity contribution >= 4 is 10.8 Å². The molecule has 0 amide bonds. The molecule has 6 rings (SSSR count). The Morgan fingerprint density at radius 2 is 1.72 bits per heavy atom. The molecule has 3 aromatic carbocycles. The van der Waals surface area contributed by atoms with Gasteiger partial charge in [-0.25, -0.2) is 0 Å². The lowest BCUT2D eigenvalue weighted by Crippen LogP contribution is -3.00. The van der Waals surface area contributed by atoms with Gasteiger partial charge in [-0.1, -0.05) is 12.1 Å². The normalized spacial score (nSPS) is 13.6. The van der Waals surface area contributed by atoms with Crippen molar-refractivity contribution in [3.63, 3.8) is 0 Å². The molecule has 9 heteroatoms. The van der Waals surface area contributed by atoms with E-state index >= 15 is 0 Å². The van der Waals surface area contributed by atoms with E-state index in [-0.39, 0.29) is 30.4 Å². The number of hydrogen-bond donors (Lipinski definition) is 0. The van der Waals surface area contributed by atoms with E-state index < -0.39 is 11.7 Å². The van der Waals surface area contributed by atoms with Gasteiger partial charge in [0.1, 0.15) is 6.61 Å². The number of methoxy groups -OCH3 is 1. The minimum Gasteiger partial charge on any atom is -1.00 e. The van der Waals surface area contributed by atoms with Crippen LogP contribution in [0, 0.1) is 0 Å². The van der Waals surface area contributed by atoms with Gasteiger partial charge in [-0.15, -0.1) is 0 Å². The van der Waals surface area contributed by atoms with Gasteiger partial charge in [0.05, 0.1) is 23.6 Å². The number of alkyl halides is 3. The summed E-state index contributed by atoms with van der Waals surface area (Å²) in [5, 5.41) is 1.83. The van der Waals surface area contributed by atoms with Gasteiger partial charge in [-0.05, 0) is 52.9 Å². The molecular formula is C27H21BrF3NO4. The monoisotopic (exact) mass is 559 g/mol. The summed E-state index contributed by atoms with van der Waals surface area (Å²) >= 11 is 0. The van der Waals surface area contributed by atoms with Crippen LogP contribution in [0.2, 0.25) is 0 Å². The fourth-order valence-electron chi connectivity index (χ4n) is 4.65. The van der Waals surface area contributed by atoms with Crippen LogP contribution in [0.25, 0.3) is 22.0 Å². The number of aromatic nitrogens is 1. The van der Waals surface area contributed by atoms with Crippen molar-refractivity contribution in [1.29, 1.82) is 0 Å². The van der Waals surface area contributed by atoms with Crippen molar-refractivity contribution in [3.05, 3.63) is 77.5 Å². The molecule has 0 fully saturated rings. The number of ether oxygens (including phenoxy) is 4. The van der Waals surface area contributed by atoms with E-state index in [4.69, 9.17) is 18.9 Å². The maximum absolute atomic E-state index is 12.9. The van der Waals surface area contributed by atoms with Crippen LogP contribution in [0.5, 0.6) is 23.0 Å². The second kappa shape index (κ2) is 9.20. The third-order valence-corrected chi connectivity index (χ3v) is 6.46. The average molecular weight is 560 g/mol. The van der Waals surface area contributed by atoms with E-state index in [0.29, 0.717) is 17.1 Å². The maximum Gasteiger partial charge on any atom is 0.416 e. The minimum absolute atomic E-state index is 0. The van der Waals surface area contributed by atoms with Crippen LogP contribution in [-0.2, 0) is 25.7 Å². The Morgan fingerprint density at radius 1 is 0.972 bits per heavy atom. The molecule has 3 heterocycles. The number of benzene rings is 3. The molecule has 0 atom stereocenters. The molecule has 2 aliphatic heterocycles. The van der Waals surface area contributed by atoms with Crippen LogP contribution in [0.1, 0.15) is 16.7 Å². The molecule has 2 aliphatic rings. The van der Waals surface area contributed by atoms with Crippen LogP contribution in [0.15, 0.2) is 60.8 Å². The van der Waals surface area contributed by atoms with Gasteiger partial charge in [0, 0.05) is 12.5 Å². The zero-order valence-electron chi connectivity index (χ0n) is 19.2. The van der Waals surface area contributed by atoms with Gasteiger partial charge in [0.2, 0.25) is 12.5 Å². The molecule has 0 radical (unpaired) electrons. The first-order valence-corrected chi connectivity index (χ1v) is 11.2. The Balaban J connectivity index is 0.00000267. The molecule has 0 unspecified atom stereocenters. The minimum atomic E-state index is -4.37. The number of pyridine rings is 1. The molecule has 5 nitrogen and oxygen atoms in total. The number of rotatable bonds is 4. The molecular weight excluding hydrogens is 539 g/mol. The third kappa shape index (κ3) is 4.21. The highest BCUT2D eigenvalue weighted by atomic mass is 79.9. The first-order chi connectivity index (χ1) is 16.9. The van der Waals surface area contributed by atoms with E-state index in [9.17, 15) is 13.2 Å². The van der Waals surface area contributed by atoms with Crippen LogP contribution >= 0.6 is 0 Å². The Kier molecular flexibility index (Phi) is 6.20. The van der Waals surface area contributed by atoms with E-state index in [1.54, 1.807) is 7.11 Å². The number of hydrogen-bond acceptors (Lipinski definition) is 4. The molecule has 0 bridgehead atoms. The SMILES string of the molecule is COc1ccc2cc3[n+](cc2c1OCc1ccc(C(F)(F)F)cc1)CCc1cc2c(cc1-3)OCO2.[Br-]. The number of aryl methyl sites for hydroxylation is 2. The lowest BCUT2D eigenvalue weighted by atomic mass is 9.95. The zero-order valence-corrected chi connectivity index (χ0v) is 20.8. The first kappa shape index (κ1) is 24.2. The number of nitrogens with zero attached hydrogens (tertiary/aromatic N) is 1.